The van der Waals surface area contributed by atoms with Crippen LogP contribution in [-0.2, 0) is 11.3 Å². The van der Waals surface area contributed by atoms with Crippen LogP contribution in [0.15, 0.2) is 42.5 Å². The molecule has 2 aromatic carbocycles. The minimum atomic E-state index is -0.673. The summed E-state index contributed by atoms with van der Waals surface area (Å²) in [5, 5.41) is 4.26. The molecule has 5 rings (SSSR count). The van der Waals surface area contributed by atoms with Crippen LogP contribution in [0.4, 0.5) is 0 Å². The molecule has 1 aromatic heterocycles. The van der Waals surface area contributed by atoms with Crippen LogP contribution in [0.25, 0.3) is 22.2 Å². The van der Waals surface area contributed by atoms with Crippen molar-refractivity contribution in [3.63, 3.8) is 0 Å². The van der Waals surface area contributed by atoms with E-state index in [2.05, 4.69) is 22.4 Å². The number of aromatic amines is 1. The van der Waals surface area contributed by atoms with E-state index >= 15 is 0 Å². The summed E-state index contributed by atoms with van der Waals surface area (Å²) in [7, 11) is 0. The Balaban J connectivity index is 1.62. The molecule has 0 aliphatic carbocycles. The lowest BCUT2D eigenvalue weighted by Gasteiger charge is -2.11. The van der Waals surface area contributed by atoms with Crippen molar-refractivity contribution in [2.75, 3.05) is 13.2 Å². The second-order valence-corrected chi connectivity index (χ2v) is 6.71. The van der Waals surface area contributed by atoms with Crippen molar-refractivity contribution in [3.8, 4) is 11.3 Å². The Labute approximate surface area is 147 Å². The fraction of sp³-hybridized carbons (Fsp3) is 0.286. The second kappa shape index (κ2) is 5.83. The van der Waals surface area contributed by atoms with Crippen LogP contribution in [0.3, 0.4) is 0 Å². The molecule has 1 fully saturated rings. The predicted octanol–water partition coefficient (Wildman–Crippen LogP) is 3.97. The largest absolute Gasteiger partial charge is 0.369 e. The molecule has 3 heterocycles. The van der Waals surface area contributed by atoms with Gasteiger partial charge in [0.15, 0.2) is 5.78 Å². The number of hydrogen-bond acceptors (Lipinski definition) is 3. The molecule has 4 heteroatoms. The molecule has 4 nitrogen and oxygen atoms in total. The Morgan fingerprint density at radius 3 is 2.80 bits per heavy atom. The summed E-state index contributed by atoms with van der Waals surface area (Å²) in [5.74, 6) is 0.0266. The van der Waals surface area contributed by atoms with Crippen LogP contribution in [0, 0.1) is 0 Å². The molecule has 2 N–H and O–H groups in total. The first-order valence-electron chi connectivity index (χ1n) is 9.26. The highest BCUT2D eigenvalue weighted by atomic mass is 16.5. The van der Waals surface area contributed by atoms with E-state index in [1.807, 2.05) is 30.3 Å². The number of Topliss-reactive ketones (excluding diaryl/α,β-unsaturated/α-hetero) is 1. The molecule has 0 unspecified atom stereocenters. The van der Waals surface area contributed by atoms with Gasteiger partial charge in [-0.3, -0.25) is 4.79 Å². The SMILES string of the molecule is [2H][C@@]1(c2ccc(-c3[nH]c4cccc5c4c3COCC5=O)cc2)CCCN1. The van der Waals surface area contributed by atoms with E-state index in [0.717, 1.165) is 58.2 Å². The fourth-order valence-electron chi connectivity index (χ4n) is 3.94. The van der Waals surface area contributed by atoms with Gasteiger partial charge in [0.1, 0.15) is 6.61 Å². The monoisotopic (exact) mass is 333 g/mol. The Kier molecular flexibility index (Phi) is 3.22. The highest BCUT2D eigenvalue weighted by Gasteiger charge is 2.23. The van der Waals surface area contributed by atoms with Gasteiger partial charge in [0.2, 0.25) is 0 Å². The number of rotatable bonds is 2. The quantitative estimate of drug-likeness (QED) is 0.746. The minimum absolute atomic E-state index is 0.0266. The molecule has 2 aliphatic rings. The van der Waals surface area contributed by atoms with Gasteiger partial charge in [-0.25, -0.2) is 0 Å². The molecule has 2 aliphatic heterocycles. The zero-order valence-electron chi connectivity index (χ0n) is 14.9. The van der Waals surface area contributed by atoms with Gasteiger partial charge in [-0.1, -0.05) is 36.4 Å². The third kappa shape index (κ3) is 2.41. The van der Waals surface area contributed by atoms with Gasteiger partial charge < -0.3 is 15.0 Å². The van der Waals surface area contributed by atoms with E-state index in [-0.39, 0.29) is 12.4 Å². The third-order valence-corrected chi connectivity index (χ3v) is 5.17. The number of hydrogen-bond donors (Lipinski definition) is 2. The maximum absolute atomic E-state index is 12.3. The predicted molar refractivity (Wildman–Crippen MR) is 97.7 cm³/mol. The summed E-state index contributed by atoms with van der Waals surface area (Å²) in [6, 6.07) is 13.3. The van der Waals surface area contributed by atoms with Crippen molar-refractivity contribution < 1.29 is 10.9 Å². The van der Waals surface area contributed by atoms with Crippen LogP contribution in [-0.4, -0.2) is 23.9 Å². The van der Waals surface area contributed by atoms with Crippen molar-refractivity contribution in [3.05, 3.63) is 59.2 Å². The molecule has 0 radical (unpaired) electrons. The molecule has 25 heavy (non-hydrogen) atoms. The van der Waals surface area contributed by atoms with Gasteiger partial charge in [0.25, 0.3) is 0 Å². The van der Waals surface area contributed by atoms with E-state index in [1.165, 1.54) is 0 Å². The van der Waals surface area contributed by atoms with E-state index in [0.29, 0.717) is 6.61 Å². The molecule has 0 bridgehead atoms. The van der Waals surface area contributed by atoms with Crippen molar-refractivity contribution in [2.45, 2.75) is 25.5 Å². The molecule has 0 amide bonds. The molecule has 0 spiro atoms. The number of nitrogens with one attached hydrogen (secondary N) is 2. The van der Waals surface area contributed by atoms with E-state index < -0.39 is 6.02 Å². The number of carbonyl (C=O) groups excluding carboxylic acids is 1. The summed E-state index contributed by atoms with van der Waals surface area (Å²) in [4.78, 5) is 15.8. The molecule has 1 atom stereocenters. The number of carbonyl (C=O) groups is 1. The lowest BCUT2D eigenvalue weighted by molar-refractivity contribution is 0.0742. The van der Waals surface area contributed by atoms with E-state index in [9.17, 15) is 4.79 Å². The lowest BCUT2D eigenvalue weighted by Crippen LogP contribution is -2.12. The van der Waals surface area contributed by atoms with Crippen LogP contribution < -0.4 is 5.32 Å². The van der Waals surface area contributed by atoms with Crippen LogP contribution >= 0.6 is 0 Å². The van der Waals surface area contributed by atoms with Crippen LogP contribution in [0.5, 0.6) is 0 Å². The highest BCUT2D eigenvalue weighted by Crippen LogP contribution is 2.35. The van der Waals surface area contributed by atoms with Gasteiger partial charge in [-0.2, -0.15) is 0 Å². The summed E-state index contributed by atoms with van der Waals surface area (Å²) in [5.41, 5.74) is 5.76. The van der Waals surface area contributed by atoms with Crippen LogP contribution in [0.2, 0.25) is 0 Å². The Morgan fingerprint density at radius 1 is 1.12 bits per heavy atom. The average Bonchev–Trinajstić information content (AvgIpc) is 3.22. The summed E-state index contributed by atoms with van der Waals surface area (Å²) in [6.45, 7) is 1.44. The van der Waals surface area contributed by atoms with E-state index in [1.54, 1.807) is 0 Å². The Bertz CT molecular complexity index is 1000. The summed E-state index contributed by atoms with van der Waals surface area (Å²) in [6.07, 6.45) is 1.87. The van der Waals surface area contributed by atoms with Gasteiger partial charge in [0, 0.05) is 28.0 Å². The first kappa shape index (κ1) is 13.8. The van der Waals surface area contributed by atoms with Crippen molar-refractivity contribution >= 4 is 16.7 Å². The van der Waals surface area contributed by atoms with Crippen molar-refractivity contribution in [2.24, 2.45) is 0 Å². The molecule has 3 aromatic rings. The minimum Gasteiger partial charge on any atom is -0.369 e. The molecular formula is C21H20N2O2. The highest BCUT2D eigenvalue weighted by molar-refractivity contribution is 6.11. The zero-order chi connectivity index (χ0) is 17.7. The van der Waals surface area contributed by atoms with Crippen molar-refractivity contribution in [1.82, 2.24) is 10.3 Å². The Hall–Kier alpha value is -2.43. The maximum atomic E-state index is 12.3. The number of benzene rings is 2. The Morgan fingerprint density at radius 2 is 2.00 bits per heavy atom. The smallest absolute Gasteiger partial charge is 0.189 e. The molecule has 1 saturated heterocycles. The normalized spacial score (nSPS) is 23.7. The van der Waals surface area contributed by atoms with Gasteiger partial charge >= 0.3 is 0 Å². The fourth-order valence-corrected chi connectivity index (χ4v) is 3.94. The zero-order valence-corrected chi connectivity index (χ0v) is 13.9. The molecule has 126 valence electrons. The average molecular weight is 333 g/mol. The van der Waals surface area contributed by atoms with Gasteiger partial charge in [0.05, 0.1) is 13.7 Å². The van der Waals surface area contributed by atoms with E-state index in [4.69, 9.17) is 6.11 Å². The first-order chi connectivity index (χ1) is 12.7. The molecule has 0 saturated carbocycles. The number of H-pyrrole nitrogens is 1. The van der Waals surface area contributed by atoms with Gasteiger partial charge in [-0.15, -0.1) is 0 Å². The second-order valence-electron chi connectivity index (χ2n) is 6.71. The standard InChI is InChI=1S/C21H20N2O2/c24-19-12-25-11-16-20-15(19)3-1-4-18(20)23-21(16)14-8-6-13(7-9-14)17-5-2-10-22-17/h1,3-4,6-9,17,22-23H,2,5,10-12H2/t17-/m0/s1/i17D. The van der Waals surface area contributed by atoms with Gasteiger partial charge in [-0.05, 0) is 36.6 Å². The van der Waals surface area contributed by atoms with Crippen molar-refractivity contribution in [1.29, 1.82) is 0 Å². The number of ketones is 1. The molecular weight excluding hydrogens is 312 g/mol. The first-order valence-corrected chi connectivity index (χ1v) is 8.76. The number of ether oxygens (including phenoxy) is 1. The number of aromatic nitrogens is 1. The lowest BCUT2D eigenvalue weighted by atomic mass is 9.99. The van der Waals surface area contributed by atoms with Crippen LogP contribution in [0.1, 0.15) is 41.7 Å². The third-order valence-electron chi connectivity index (χ3n) is 5.17. The maximum Gasteiger partial charge on any atom is 0.189 e. The topological polar surface area (TPSA) is 54.1 Å². The summed E-state index contributed by atoms with van der Waals surface area (Å²) < 4.78 is 14.2. The summed E-state index contributed by atoms with van der Waals surface area (Å²) >= 11 is 0.